The van der Waals surface area contributed by atoms with Crippen LogP contribution >= 0.6 is 23.2 Å². The van der Waals surface area contributed by atoms with Gasteiger partial charge in [-0.1, -0.05) is 23.2 Å². The summed E-state index contributed by atoms with van der Waals surface area (Å²) in [5, 5.41) is 10.2. The summed E-state index contributed by atoms with van der Waals surface area (Å²) in [4.78, 5) is 13.9. The normalized spacial score (nSPS) is 22.8. The molecule has 1 aromatic rings. The molecule has 0 spiro atoms. The van der Waals surface area contributed by atoms with Gasteiger partial charge in [-0.15, -0.1) is 0 Å². The van der Waals surface area contributed by atoms with Gasteiger partial charge in [0.15, 0.2) is 0 Å². The van der Waals surface area contributed by atoms with Crippen molar-refractivity contribution in [1.82, 2.24) is 4.90 Å². The molecule has 0 bridgehead atoms. The third-order valence-corrected chi connectivity index (χ3v) is 3.94. The van der Waals surface area contributed by atoms with E-state index in [0.717, 1.165) is 0 Å². The minimum atomic E-state index is -0.326. The van der Waals surface area contributed by atoms with E-state index in [-0.39, 0.29) is 24.7 Å². The Labute approximate surface area is 133 Å². The number of benzene rings is 1. The molecule has 1 aliphatic rings. The molecule has 1 heterocycles. The van der Waals surface area contributed by atoms with Crippen LogP contribution in [0, 0.1) is 0 Å². The lowest BCUT2D eigenvalue weighted by atomic mass is 10.1. The van der Waals surface area contributed by atoms with Crippen molar-refractivity contribution in [2.45, 2.75) is 19.1 Å². The molecule has 0 saturated carbocycles. The topological polar surface area (TPSA) is 49.8 Å². The molecule has 1 N–H and O–H groups in total. The van der Waals surface area contributed by atoms with Gasteiger partial charge in [-0.2, -0.15) is 0 Å². The summed E-state index contributed by atoms with van der Waals surface area (Å²) in [6, 6.07) is 5.05. The van der Waals surface area contributed by atoms with Crippen LogP contribution in [0.4, 0.5) is 0 Å². The van der Waals surface area contributed by atoms with E-state index in [4.69, 9.17) is 33.0 Å². The number of amides is 1. The van der Waals surface area contributed by atoms with Gasteiger partial charge in [-0.3, -0.25) is 4.79 Å². The van der Waals surface area contributed by atoms with Crippen molar-refractivity contribution in [2.75, 3.05) is 19.8 Å². The van der Waals surface area contributed by atoms with Crippen LogP contribution in [0.5, 0.6) is 0 Å². The highest BCUT2D eigenvalue weighted by Crippen LogP contribution is 2.22. The van der Waals surface area contributed by atoms with Crippen molar-refractivity contribution in [3.63, 3.8) is 0 Å². The quantitative estimate of drug-likeness (QED) is 0.867. The molecule has 2 unspecified atom stereocenters. The van der Waals surface area contributed by atoms with Crippen LogP contribution in [0.1, 0.15) is 12.5 Å². The zero-order valence-electron chi connectivity index (χ0n) is 11.6. The van der Waals surface area contributed by atoms with Crippen LogP contribution in [0.25, 0.3) is 6.08 Å². The van der Waals surface area contributed by atoms with Gasteiger partial charge in [0.2, 0.25) is 5.91 Å². The smallest absolute Gasteiger partial charge is 0.246 e. The molecule has 1 aromatic carbocycles. The summed E-state index contributed by atoms with van der Waals surface area (Å²) >= 11 is 12.0. The maximum Gasteiger partial charge on any atom is 0.246 e. The van der Waals surface area contributed by atoms with E-state index in [1.165, 1.54) is 6.08 Å². The van der Waals surface area contributed by atoms with E-state index in [2.05, 4.69) is 0 Å². The highest BCUT2D eigenvalue weighted by molar-refractivity contribution is 6.34. The first-order chi connectivity index (χ1) is 10.0. The maximum absolute atomic E-state index is 12.3. The van der Waals surface area contributed by atoms with Gasteiger partial charge < -0.3 is 14.7 Å². The Bertz CT molecular complexity index is 548. The summed E-state index contributed by atoms with van der Waals surface area (Å²) < 4.78 is 5.41. The molecule has 1 amide bonds. The summed E-state index contributed by atoms with van der Waals surface area (Å²) in [6.07, 6.45) is 2.79. The number of carbonyl (C=O) groups excluding carboxylic acids is 1. The van der Waals surface area contributed by atoms with E-state index in [1.807, 2.05) is 6.92 Å². The van der Waals surface area contributed by atoms with Crippen LogP contribution in [-0.2, 0) is 9.53 Å². The van der Waals surface area contributed by atoms with Gasteiger partial charge in [-0.25, -0.2) is 0 Å². The number of morpholine rings is 1. The highest BCUT2D eigenvalue weighted by atomic mass is 35.5. The zero-order valence-corrected chi connectivity index (χ0v) is 13.1. The van der Waals surface area contributed by atoms with Crippen molar-refractivity contribution >= 4 is 35.2 Å². The largest absolute Gasteiger partial charge is 0.394 e. The molecular formula is C15H17Cl2NO3. The molecule has 2 rings (SSSR count). The molecule has 1 aliphatic heterocycles. The Hall–Kier alpha value is -1.07. The second-order valence-corrected chi connectivity index (χ2v) is 5.82. The Morgan fingerprint density at radius 3 is 3.00 bits per heavy atom. The highest BCUT2D eigenvalue weighted by Gasteiger charge is 2.27. The van der Waals surface area contributed by atoms with Gasteiger partial charge in [0.25, 0.3) is 0 Å². The van der Waals surface area contributed by atoms with Crippen LogP contribution < -0.4 is 0 Å². The number of nitrogens with zero attached hydrogens (tertiary/aromatic N) is 1. The zero-order chi connectivity index (χ0) is 15.4. The minimum Gasteiger partial charge on any atom is -0.394 e. The molecule has 6 heteroatoms. The van der Waals surface area contributed by atoms with Crippen LogP contribution in [0.2, 0.25) is 10.0 Å². The van der Waals surface area contributed by atoms with E-state index in [1.54, 1.807) is 29.2 Å². The number of halogens is 2. The van der Waals surface area contributed by atoms with Crippen LogP contribution in [-0.4, -0.2) is 47.8 Å². The molecule has 4 nitrogen and oxygen atoms in total. The lowest BCUT2D eigenvalue weighted by Crippen LogP contribution is -2.51. The number of hydrogen-bond acceptors (Lipinski definition) is 3. The van der Waals surface area contributed by atoms with Gasteiger partial charge in [-0.05, 0) is 36.8 Å². The number of carbonyl (C=O) groups is 1. The summed E-state index contributed by atoms with van der Waals surface area (Å²) in [5.74, 6) is -0.139. The fourth-order valence-corrected chi connectivity index (χ4v) is 2.50. The fourth-order valence-electron chi connectivity index (χ4n) is 2.13. The van der Waals surface area contributed by atoms with E-state index >= 15 is 0 Å². The second kappa shape index (κ2) is 7.27. The molecule has 1 fully saturated rings. The maximum atomic E-state index is 12.3. The number of aliphatic hydroxyl groups is 1. The van der Waals surface area contributed by atoms with Crippen LogP contribution in [0.3, 0.4) is 0 Å². The Morgan fingerprint density at radius 2 is 2.29 bits per heavy atom. The molecule has 21 heavy (non-hydrogen) atoms. The van der Waals surface area contributed by atoms with Crippen molar-refractivity contribution in [1.29, 1.82) is 0 Å². The molecule has 0 aliphatic carbocycles. The third kappa shape index (κ3) is 4.20. The predicted octanol–water partition coefficient (Wildman–Crippen LogP) is 2.61. The monoisotopic (exact) mass is 329 g/mol. The SMILES string of the molecule is CC1COC(CO)CN1C(=O)/C=C/c1cc(Cl)ccc1Cl. The summed E-state index contributed by atoms with van der Waals surface area (Å²) in [5.41, 5.74) is 0.692. The predicted molar refractivity (Wildman–Crippen MR) is 83.5 cm³/mol. The van der Waals surface area contributed by atoms with E-state index in [9.17, 15) is 4.79 Å². The molecule has 2 atom stereocenters. The summed E-state index contributed by atoms with van der Waals surface area (Å²) in [6.45, 7) is 2.61. The minimum absolute atomic E-state index is 0.0280. The molecule has 114 valence electrons. The molecule has 1 saturated heterocycles. The van der Waals surface area contributed by atoms with Crippen LogP contribution in [0.15, 0.2) is 24.3 Å². The van der Waals surface area contributed by atoms with Gasteiger partial charge in [0.05, 0.1) is 25.4 Å². The van der Waals surface area contributed by atoms with Gasteiger partial charge in [0, 0.05) is 22.7 Å². The van der Waals surface area contributed by atoms with E-state index < -0.39 is 0 Å². The van der Waals surface area contributed by atoms with Gasteiger partial charge in [0.1, 0.15) is 0 Å². The van der Waals surface area contributed by atoms with Crippen molar-refractivity contribution in [2.24, 2.45) is 0 Å². The second-order valence-electron chi connectivity index (χ2n) is 4.98. The van der Waals surface area contributed by atoms with Crippen molar-refractivity contribution in [3.8, 4) is 0 Å². The molecule has 0 radical (unpaired) electrons. The lowest BCUT2D eigenvalue weighted by Gasteiger charge is -2.36. The third-order valence-electron chi connectivity index (χ3n) is 3.36. The number of aliphatic hydroxyl groups excluding tert-OH is 1. The number of hydrogen-bond donors (Lipinski definition) is 1. The van der Waals surface area contributed by atoms with Crippen molar-refractivity contribution in [3.05, 3.63) is 39.9 Å². The standard InChI is InChI=1S/C15H17Cl2NO3/c1-10-9-21-13(8-19)7-18(10)15(20)5-2-11-6-12(16)3-4-14(11)17/h2-6,10,13,19H,7-9H2,1H3/b5-2+. The first-order valence-corrected chi connectivity index (χ1v) is 7.43. The Morgan fingerprint density at radius 1 is 1.52 bits per heavy atom. The first-order valence-electron chi connectivity index (χ1n) is 6.67. The average molecular weight is 330 g/mol. The van der Waals surface area contributed by atoms with Crippen molar-refractivity contribution < 1.29 is 14.6 Å². The first kappa shape index (κ1) is 16.3. The molecule has 0 aromatic heterocycles. The van der Waals surface area contributed by atoms with Gasteiger partial charge >= 0.3 is 0 Å². The lowest BCUT2D eigenvalue weighted by molar-refractivity contribution is -0.140. The Balaban J connectivity index is 2.09. The number of ether oxygens (including phenoxy) is 1. The van der Waals surface area contributed by atoms with E-state index in [0.29, 0.717) is 28.8 Å². The number of rotatable bonds is 3. The molecular weight excluding hydrogens is 313 g/mol. The Kier molecular flexibility index (Phi) is 5.65. The summed E-state index contributed by atoms with van der Waals surface area (Å²) in [7, 11) is 0. The average Bonchev–Trinajstić information content (AvgIpc) is 2.48. The fraction of sp³-hybridized carbons (Fsp3) is 0.400.